The molecule has 0 atom stereocenters. The zero-order chi connectivity index (χ0) is 23.7. The third-order valence-corrected chi connectivity index (χ3v) is 5.32. The van der Waals surface area contributed by atoms with Crippen LogP contribution in [-0.4, -0.2) is 41.8 Å². The molecule has 3 heterocycles. The fraction of sp³-hybridized carbons (Fsp3) is 0.318. The molecule has 1 amide bonds. The Labute approximate surface area is 188 Å². The lowest BCUT2D eigenvalue weighted by Gasteiger charge is -2.07. The number of aromatic amines is 2. The SMILES string of the molecule is CCCn1c(=O)[nH]c2nc(-c3cc(OCC(=O)Nc4ccc(C)c(C)c4)nn3C)[nH]c2c1=O. The second-order valence-electron chi connectivity index (χ2n) is 7.82. The molecule has 172 valence electrons. The Morgan fingerprint density at radius 1 is 1.15 bits per heavy atom. The lowest BCUT2D eigenvalue weighted by Crippen LogP contribution is -2.34. The molecule has 0 aliphatic heterocycles. The lowest BCUT2D eigenvalue weighted by molar-refractivity contribution is -0.118. The Balaban J connectivity index is 1.51. The van der Waals surface area contributed by atoms with E-state index >= 15 is 0 Å². The topological polar surface area (TPSA) is 140 Å². The van der Waals surface area contributed by atoms with Gasteiger partial charge in [0, 0.05) is 25.3 Å². The van der Waals surface area contributed by atoms with E-state index in [1.54, 1.807) is 13.1 Å². The molecule has 0 saturated carbocycles. The van der Waals surface area contributed by atoms with Crippen molar-refractivity contribution in [1.82, 2.24) is 29.3 Å². The maximum absolute atomic E-state index is 12.6. The summed E-state index contributed by atoms with van der Waals surface area (Å²) >= 11 is 0. The van der Waals surface area contributed by atoms with Crippen molar-refractivity contribution in [2.24, 2.45) is 7.05 Å². The maximum Gasteiger partial charge on any atom is 0.330 e. The van der Waals surface area contributed by atoms with Crippen molar-refractivity contribution < 1.29 is 9.53 Å². The summed E-state index contributed by atoms with van der Waals surface area (Å²) in [5, 5.41) is 7.04. The van der Waals surface area contributed by atoms with E-state index in [4.69, 9.17) is 4.74 Å². The van der Waals surface area contributed by atoms with Crippen LogP contribution >= 0.6 is 0 Å². The monoisotopic (exact) mass is 451 g/mol. The highest BCUT2D eigenvalue weighted by Gasteiger charge is 2.17. The largest absolute Gasteiger partial charge is 0.466 e. The van der Waals surface area contributed by atoms with Gasteiger partial charge in [0.05, 0.1) is 0 Å². The van der Waals surface area contributed by atoms with Crippen LogP contribution in [0.5, 0.6) is 5.88 Å². The highest BCUT2D eigenvalue weighted by molar-refractivity contribution is 5.92. The number of imidazole rings is 1. The predicted octanol–water partition coefficient (Wildman–Crippen LogP) is 1.86. The number of hydrogen-bond acceptors (Lipinski definition) is 6. The van der Waals surface area contributed by atoms with Crippen LogP contribution in [0.15, 0.2) is 33.9 Å². The molecule has 0 radical (unpaired) electrons. The molecule has 4 aromatic rings. The molecule has 4 rings (SSSR count). The Morgan fingerprint density at radius 2 is 1.94 bits per heavy atom. The number of aryl methyl sites for hydroxylation is 3. The number of rotatable bonds is 7. The number of amides is 1. The first kappa shape index (κ1) is 22.1. The molecule has 0 bridgehead atoms. The minimum Gasteiger partial charge on any atom is -0.466 e. The Hall–Kier alpha value is -4.15. The molecule has 0 aliphatic rings. The smallest absolute Gasteiger partial charge is 0.330 e. The zero-order valence-corrected chi connectivity index (χ0v) is 18.9. The van der Waals surface area contributed by atoms with Gasteiger partial charge in [-0.3, -0.25) is 23.8 Å². The second kappa shape index (κ2) is 8.77. The number of anilines is 1. The number of carbonyl (C=O) groups is 1. The highest BCUT2D eigenvalue weighted by atomic mass is 16.5. The molecular weight excluding hydrogens is 426 g/mol. The summed E-state index contributed by atoms with van der Waals surface area (Å²) in [6, 6.07) is 7.27. The summed E-state index contributed by atoms with van der Waals surface area (Å²) in [5.41, 5.74) is 2.88. The van der Waals surface area contributed by atoms with Gasteiger partial charge in [-0.2, -0.15) is 0 Å². The van der Waals surface area contributed by atoms with Crippen LogP contribution in [0.25, 0.3) is 22.7 Å². The first-order valence-corrected chi connectivity index (χ1v) is 10.5. The Morgan fingerprint density at radius 3 is 2.67 bits per heavy atom. The van der Waals surface area contributed by atoms with Gasteiger partial charge in [0.1, 0.15) is 11.2 Å². The van der Waals surface area contributed by atoms with Crippen molar-refractivity contribution in [3.63, 3.8) is 0 Å². The van der Waals surface area contributed by atoms with Gasteiger partial charge in [-0.05, 0) is 43.5 Å². The van der Waals surface area contributed by atoms with Crippen LogP contribution in [0, 0.1) is 13.8 Å². The van der Waals surface area contributed by atoms with E-state index in [1.807, 2.05) is 39.0 Å². The van der Waals surface area contributed by atoms with E-state index in [0.717, 1.165) is 15.7 Å². The molecule has 3 aromatic heterocycles. The average Bonchev–Trinajstić information content (AvgIpc) is 3.35. The first-order chi connectivity index (χ1) is 15.8. The number of fused-ring (bicyclic) bond motifs is 1. The van der Waals surface area contributed by atoms with Gasteiger partial charge in [0.25, 0.3) is 11.5 Å². The number of aromatic nitrogens is 6. The molecule has 1 aromatic carbocycles. The number of benzene rings is 1. The molecule has 0 aliphatic carbocycles. The summed E-state index contributed by atoms with van der Waals surface area (Å²) in [4.78, 5) is 46.9. The number of nitrogens with zero attached hydrogens (tertiary/aromatic N) is 4. The van der Waals surface area contributed by atoms with Gasteiger partial charge in [-0.1, -0.05) is 13.0 Å². The van der Waals surface area contributed by atoms with Gasteiger partial charge in [0.2, 0.25) is 5.88 Å². The van der Waals surface area contributed by atoms with Crippen molar-refractivity contribution >= 4 is 22.8 Å². The van der Waals surface area contributed by atoms with Crippen molar-refractivity contribution in [2.75, 3.05) is 11.9 Å². The van der Waals surface area contributed by atoms with Crippen molar-refractivity contribution in [3.8, 4) is 17.4 Å². The van der Waals surface area contributed by atoms with E-state index in [1.165, 1.54) is 4.68 Å². The molecule has 0 unspecified atom stereocenters. The number of carbonyl (C=O) groups excluding carboxylic acids is 1. The van der Waals surface area contributed by atoms with Crippen LogP contribution in [0.3, 0.4) is 0 Å². The fourth-order valence-corrected chi connectivity index (χ4v) is 3.45. The van der Waals surface area contributed by atoms with Crippen LogP contribution in [0.1, 0.15) is 24.5 Å². The maximum atomic E-state index is 12.6. The standard InChI is InChI=1S/C22H25N7O4/c1-5-8-29-21(31)18-20(26-22(29)32)25-19(24-18)15-10-17(27-28(15)4)33-11-16(30)23-14-7-6-12(2)13(3)9-14/h6-7,9-10H,5,8,11H2,1-4H3,(H,23,30)(H,24,25)(H,26,32). The van der Waals surface area contributed by atoms with Gasteiger partial charge in [-0.25, -0.2) is 9.78 Å². The number of ether oxygens (including phenoxy) is 1. The quantitative estimate of drug-likeness (QED) is 0.392. The molecule has 11 nitrogen and oxygen atoms in total. The first-order valence-electron chi connectivity index (χ1n) is 10.5. The van der Waals surface area contributed by atoms with E-state index < -0.39 is 11.2 Å². The van der Waals surface area contributed by atoms with Crippen LogP contribution in [0.4, 0.5) is 5.69 Å². The second-order valence-corrected chi connectivity index (χ2v) is 7.82. The fourth-order valence-electron chi connectivity index (χ4n) is 3.45. The van der Waals surface area contributed by atoms with E-state index in [-0.39, 0.29) is 29.6 Å². The molecule has 3 N–H and O–H groups in total. The molecule has 11 heteroatoms. The van der Waals surface area contributed by atoms with Crippen molar-refractivity contribution in [1.29, 1.82) is 0 Å². The van der Waals surface area contributed by atoms with E-state index in [2.05, 4.69) is 25.4 Å². The predicted molar refractivity (Wildman–Crippen MR) is 124 cm³/mol. The molecule has 0 saturated heterocycles. The summed E-state index contributed by atoms with van der Waals surface area (Å²) in [6.07, 6.45) is 0.648. The summed E-state index contributed by atoms with van der Waals surface area (Å²) in [5.74, 6) is 0.250. The van der Waals surface area contributed by atoms with E-state index in [0.29, 0.717) is 30.2 Å². The molecule has 33 heavy (non-hydrogen) atoms. The molecule has 0 spiro atoms. The van der Waals surface area contributed by atoms with Gasteiger partial charge in [0.15, 0.2) is 18.1 Å². The third-order valence-electron chi connectivity index (χ3n) is 5.32. The van der Waals surface area contributed by atoms with Crippen molar-refractivity contribution in [2.45, 2.75) is 33.7 Å². The summed E-state index contributed by atoms with van der Waals surface area (Å²) in [6.45, 7) is 5.95. The number of H-pyrrole nitrogens is 2. The van der Waals surface area contributed by atoms with Gasteiger partial charge < -0.3 is 15.0 Å². The summed E-state index contributed by atoms with van der Waals surface area (Å²) < 4.78 is 8.18. The average molecular weight is 451 g/mol. The van der Waals surface area contributed by atoms with Gasteiger partial charge in [-0.15, -0.1) is 5.10 Å². The van der Waals surface area contributed by atoms with Crippen LogP contribution in [0.2, 0.25) is 0 Å². The highest BCUT2D eigenvalue weighted by Crippen LogP contribution is 2.22. The summed E-state index contributed by atoms with van der Waals surface area (Å²) in [7, 11) is 1.68. The molecule has 0 fully saturated rings. The normalized spacial score (nSPS) is 11.2. The Kier molecular flexibility index (Phi) is 5.86. The third kappa shape index (κ3) is 4.43. The van der Waals surface area contributed by atoms with Gasteiger partial charge >= 0.3 is 5.69 Å². The lowest BCUT2D eigenvalue weighted by atomic mass is 10.1. The minimum atomic E-state index is -0.504. The Bertz CT molecular complexity index is 1460. The van der Waals surface area contributed by atoms with E-state index in [9.17, 15) is 14.4 Å². The van der Waals surface area contributed by atoms with Crippen LogP contribution in [-0.2, 0) is 18.4 Å². The number of nitrogens with one attached hydrogen (secondary N) is 3. The minimum absolute atomic E-state index is 0.170. The molecular formula is C22H25N7O4. The number of hydrogen-bond donors (Lipinski definition) is 3. The van der Waals surface area contributed by atoms with Crippen molar-refractivity contribution in [3.05, 3.63) is 56.2 Å². The zero-order valence-electron chi connectivity index (χ0n) is 18.9. The van der Waals surface area contributed by atoms with Crippen LogP contribution < -0.4 is 21.3 Å².